The van der Waals surface area contributed by atoms with Gasteiger partial charge in [-0.2, -0.15) is 15.0 Å². The molecule has 2 saturated heterocycles. The van der Waals surface area contributed by atoms with Gasteiger partial charge >= 0.3 is 0 Å². The van der Waals surface area contributed by atoms with Gasteiger partial charge in [0, 0.05) is 32.6 Å². The van der Waals surface area contributed by atoms with Crippen molar-refractivity contribution in [3.8, 4) is 0 Å². The molecule has 3 heterocycles. The molecule has 0 saturated carbocycles. The standard InChI is InChI=1S/C21H29N5O/c1-2-17-6-8-18(9-7-17)16-19-22-20(25-10-4-3-5-11-25)24-21(23-19)26-12-14-27-15-13-26/h6-9H,2-5,10-16H2,1H3. The molecule has 0 radical (unpaired) electrons. The number of anilines is 2. The second kappa shape index (κ2) is 8.65. The molecule has 2 aliphatic heterocycles. The Hall–Kier alpha value is -2.21. The molecule has 27 heavy (non-hydrogen) atoms. The maximum atomic E-state index is 5.49. The second-order valence-corrected chi connectivity index (χ2v) is 7.35. The van der Waals surface area contributed by atoms with Crippen LogP contribution in [0.3, 0.4) is 0 Å². The smallest absolute Gasteiger partial charge is 0.230 e. The van der Waals surface area contributed by atoms with Gasteiger partial charge in [0.05, 0.1) is 13.2 Å². The number of morpholine rings is 1. The van der Waals surface area contributed by atoms with Crippen molar-refractivity contribution in [1.82, 2.24) is 15.0 Å². The quantitative estimate of drug-likeness (QED) is 0.810. The zero-order valence-electron chi connectivity index (χ0n) is 16.2. The lowest BCUT2D eigenvalue weighted by atomic mass is 10.1. The van der Waals surface area contributed by atoms with E-state index >= 15 is 0 Å². The largest absolute Gasteiger partial charge is 0.378 e. The maximum Gasteiger partial charge on any atom is 0.230 e. The molecule has 2 aliphatic rings. The number of nitrogens with zero attached hydrogens (tertiary/aromatic N) is 5. The van der Waals surface area contributed by atoms with Crippen LogP contribution in [0.2, 0.25) is 0 Å². The molecule has 6 nitrogen and oxygen atoms in total. The van der Waals surface area contributed by atoms with Gasteiger partial charge < -0.3 is 14.5 Å². The first-order valence-corrected chi connectivity index (χ1v) is 10.2. The number of rotatable bonds is 5. The minimum Gasteiger partial charge on any atom is -0.378 e. The highest BCUT2D eigenvalue weighted by Gasteiger charge is 2.20. The van der Waals surface area contributed by atoms with Crippen LogP contribution in [0.25, 0.3) is 0 Å². The van der Waals surface area contributed by atoms with E-state index in [4.69, 9.17) is 19.7 Å². The lowest BCUT2D eigenvalue weighted by Crippen LogP contribution is -2.38. The molecular weight excluding hydrogens is 338 g/mol. The van der Waals surface area contributed by atoms with Crippen LogP contribution in [0.1, 0.15) is 43.1 Å². The Morgan fingerprint density at radius 2 is 1.37 bits per heavy atom. The predicted octanol–water partition coefficient (Wildman–Crippen LogP) is 2.85. The van der Waals surface area contributed by atoms with Gasteiger partial charge in [-0.3, -0.25) is 0 Å². The van der Waals surface area contributed by atoms with Crippen molar-refractivity contribution in [2.45, 2.75) is 39.0 Å². The van der Waals surface area contributed by atoms with E-state index in [9.17, 15) is 0 Å². The summed E-state index contributed by atoms with van der Waals surface area (Å²) in [6, 6.07) is 8.78. The highest BCUT2D eigenvalue weighted by Crippen LogP contribution is 2.20. The van der Waals surface area contributed by atoms with Gasteiger partial charge in [0.25, 0.3) is 0 Å². The molecule has 2 aromatic rings. The molecule has 2 fully saturated rings. The van der Waals surface area contributed by atoms with Crippen LogP contribution in [0.15, 0.2) is 24.3 Å². The first-order valence-electron chi connectivity index (χ1n) is 10.2. The van der Waals surface area contributed by atoms with Gasteiger partial charge in [0.1, 0.15) is 5.82 Å². The minimum absolute atomic E-state index is 0.735. The molecule has 1 aromatic heterocycles. The normalized spacial score (nSPS) is 18.0. The molecular formula is C21H29N5O. The fourth-order valence-electron chi connectivity index (χ4n) is 3.69. The Labute approximate surface area is 161 Å². The van der Waals surface area contributed by atoms with Crippen molar-refractivity contribution >= 4 is 11.9 Å². The average Bonchev–Trinajstić information content (AvgIpc) is 2.75. The van der Waals surface area contributed by atoms with Crippen LogP contribution in [0.4, 0.5) is 11.9 Å². The van der Waals surface area contributed by atoms with E-state index in [0.29, 0.717) is 0 Å². The number of hydrogen-bond donors (Lipinski definition) is 0. The number of ether oxygens (including phenoxy) is 1. The Bertz CT molecular complexity index is 700. The number of aryl methyl sites for hydroxylation is 1. The molecule has 0 unspecified atom stereocenters. The van der Waals surface area contributed by atoms with E-state index in [1.54, 1.807) is 0 Å². The molecule has 0 aliphatic carbocycles. The molecule has 0 bridgehead atoms. The summed E-state index contributed by atoms with van der Waals surface area (Å²) in [6.07, 6.45) is 5.53. The lowest BCUT2D eigenvalue weighted by Gasteiger charge is -2.30. The number of piperidine rings is 1. The van der Waals surface area contributed by atoms with Crippen LogP contribution >= 0.6 is 0 Å². The first kappa shape index (κ1) is 18.2. The van der Waals surface area contributed by atoms with E-state index in [0.717, 1.165) is 70.0 Å². The zero-order valence-corrected chi connectivity index (χ0v) is 16.2. The summed E-state index contributed by atoms with van der Waals surface area (Å²) in [5, 5.41) is 0. The Morgan fingerprint density at radius 1 is 0.778 bits per heavy atom. The maximum absolute atomic E-state index is 5.49. The molecule has 0 N–H and O–H groups in total. The van der Waals surface area contributed by atoms with Gasteiger partial charge in [-0.25, -0.2) is 0 Å². The first-order chi connectivity index (χ1) is 13.3. The van der Waals surface area contributed by atoms with Gasteiger partial charge in [0.15, 0.2) is 0 Å². The summed E-state index contributed by atoms with van der Waals surface area (Å²) in [7, 11) is 0. The number of aromatic nitrogens is 3. The second-order valence-electron chi connectivity index (χ2n) is 7.35. The van der Waals surface area contributed by atoms with Crippen molar-refractivity contribution in [3.63, 3.8) is 0 Å². The molecule has 0 spiro atoms. The van der Waals surface area contributed by atoms with Crippen molar-refractivity contribution in [2.75, 3.05) is 49.2 Å². The van der Waals surface area contributed by atoms with E-state index in [1.807, 2.05) is 0 Å². The highest BCUT2D eigenvalue weighted by atomic mass is 16.5. The summed E-state index contributed by atoms with van der Waals surface area (Å²) >= 11 is 0. The number of hydrogen-bond acceptors (Lipinski definition) is 6. The van der Waals surface area contributed by atoms with Crippen LogP contribution in [0.5, 0.6) is 0 Å². The third kappa shape index (κ3) is 4.56. The Kier molecular flexibility index (Phi) is 5.82. The van der Waals surface area contributed by atoms with E-state index in [-0.39, 0.29) is 0 Å². The summed E-state index contributed by atoms with van der Waals surface area (Å²) in [6.45, 7) is 7.41. The van der Waals surface area contributed by atoms with Crippen molar-refractivity contribution in [2.24, 2.45) is 0 Å². The molecule has 0 atom stereocenters. The zero-order chi connectivity index (χ0) is 18.5. The van der Waals surface area contributed by atoms with Gasteiger partial charge in [-0.1, -0.05) is 31.2 Å². The van der Waals surface area contributed by atoms with Gasteiger partial charge in [-0.05, 0) is 36.8 Å². The summed E-state index contributed by atoms with van der Waals surface area (Å²) in [5.41, 5.74) is 2.60. The highest BCUT2D eigenvalue weighted by molar-refractivity contribution is 5.40. The summed E-state index contributed by atoms with van der Waals surface area (Å²) in [5.74, 6) is 2.50. The predicted molar refractivity (Wildman–Crippen MR) is 108 cm³/mol. The summed E-state index contributed by atoms with van der Waals surface area (Å²) in [4.78, 5) is 19.0. The third-order valence-electron chi connectivity index (χ3n) is 5.38. The van der Waals surface area contributed by atoms with Crippen LogP contribution in [0, 0.1) is 0 Å². The Morgan fingerprint density at radius 3 is 2.00 bits per heavy atom. The number of benzene rings is 1. The van der Waals surface area contributed by atoms with E-state index < -0.39 is 0 Å². The monoisotopic (exact) mass is 367 g/mol. The minimum atomic E-state index is 0.735. The molecule has 0 amide bonds. The van der Waals surface area contributed by atoms with E-state index in [1.165, 1.54) is 30.4 Å². The SMILES string of the molecule is CCc1ccc(Cc2nc(N3CCCCC3)nc(N3CCOCC3)n2)cc1. The van der Waals surface area contributed by atoms with Gasteiger partial charge in [-0.15, -0.1) is 0 Å². The van der Waals surface area contributed by atoms with Crippen LogP contribution < -0.4 is 9.80 Å². The van der Waals surface area contributed by atoms with Crippen LogP contribution in [-0.4, -0.2) is 54.3 Å². The Balaban J connectivity index is 1.61. The van der Waals surface area contributed by atoms with Crippen molar-refractivity contribution in [1.29, 1.82) is 0 Å². The fourth-order valence-corrected chi connectivity index (χ4v) is 3.69. The fraction of sp³-hybridized carbons (Fsp3) is 0.571. The lowest BCUT2D eigenvalue weighted by molar-refractivity contribution is 0.122. The average molecular weight is 367 g/mol. The van der Waals surface area contributed by atoms with Crippen LogP contribution in [-0.2, 0) is 17.6 Å². The molecule has 1 aromatic carbocycles. The van der Waals surface area contributed by atoms with Crippen molar-refractivity contribution in [3.05, 3.63) is 41.2 Å². The topological polar surface area (TPSA) is 54.4 Å². The van der Waals surface area contributed by atoms with Crippen molar-refractivity contribution < 1.29 is 4.74 Å². The van der Waals surface area contributed by atoms with Gasteiger partial charge in [0.2, 0.25) is 11.9 Å². The third-order valence-corrected chi connectivity index (χ3v) is 5.38. The molecule has 6 heteroatoms. The summed E-state index contributed by atoms with van der Waals surface area (Å²) < 4.78 is 5.49. The molecule has 4 rings (SSSR count). The van der Waals surface area contributed by atoms with E-state index in [2.05, 4.69) is 41.0 Å². The molecule has 144 valence electrons.